The zero-order valence-electron chi connectivity index (χ0n) is 17.3. The van der Waals surface area contributed by atoms with E-state index in [-0.39, 0.29) is 44.0 Å². The number of likely N-dealkylation sites (N-methyl/N-ethyl adjacent to an activating group) is 1. The van der Waals surface area contributed by atoms with Crippen molar-refractivity contribution < 1.29 is 41.0 Å². The topological polar surface area (TPSA) is 107 Å². The van der Waals surface area contributed by atoms with E-state index >= 15 is 0 Å². The van der Waals surface area contributed by atoms with E-state index in [1.54, 1.807) is 0 Å². The van der Waals surface area contributed by atoms with Crippen LogP contribution in [0.25, 0.3) is 0 Å². The Kier molecular flexibility index (Phi) is 7.12. The van der Waals surface area contributed by atoms with Crippen LogP contribution in [0.15, 0.2) is 23.1 Å². The number of amides is 1. The molecule has 0 aromatic heterocycles. The maximum absolute atomic E-state index is 13.4. The van der Waals surface area contributed by atoms with E-state index in [0.29, 0.717) is 18.0 Å². The van der Waals surface area contributed by atoms with E-state index in [2.05, 4.69) is 0 Å². The van der Waals surface area contributed by atoms with E-state index in [4.69, 9.17) is 4.74 Å². The van der Waals surface area contributed by atoms with Crippen LogP contribution >= 0.6 is 0 Å². The molecule has 0 aliphatic carbocycles. The Balaban J connectivity index is 2.11. The molecule has 2 fully saturated rings. The van der Waals surface area contributed by atoms with Gasteiger partial charge in [-0.3, -0.25) is 4.79 Å². The number of carbonyl (C=O) groups is 2. The SMILES string of the molecule is CN1CCN(S(=O)(=O)c2ccc(C(=O)O)c(N(C(=O)C(F)(F)F)C3CCOCC3)c2)CC1. The first-order chi connectivity index (χ1) is 14.9. The van der Waals surface area contributed by atoms with Gasteiger partial charge < -0.3 is 19.6 Å². The molecule has 2 saturated heterocycles. The fourth-order valence-corrected chi connectivity index (χ4v) is 5.22. The molecule has 0 bridgehead atoms. The Morgan fingerprint density at radius 3 is 2.25 bits per heavy atom. The Morgan fingerprint density at radius 1 is 1.12 bits per heavy atom. The molecule has 178 valence electrons. The minimum absolute atomic E-state index is 0.0519. The van der Waals surface area contributed by atoms with Crippen molar-refractivity contribution in [1.82, 2.24) is 9.21 Å². The summed E-state index contributed by atoms with van der Waals surface area (Å²) in [6.45, 7) is 1.49. The Hall–Kier alpha value is -2.22. The molecule has 32 heavy (non-hydrogen) atoms. The Bertz CT molecular complexity index is 971. The molecule has 2 aliphatic heterocycles. The van der Waals surface area contributed by atoms with Crippen LogP contribution in [-0.4, -0.2) is 93.3 Å². The maximum Gasteiger partial charge on any atom is 0.471 e. The fourth-order valence-electron chi connectivity index (χ4n) is 3.78. The normalized spacial score (nSPS) is 19.6. The molecule has 1 N–H and O–H groups in total. The highest BCUT2D eigenvalue weighted by molar-refractivity contribution is 7.89. The molecule has 9 nitrogen and oxygen atoms in total. The number of carboxylic acids is 1. The van der Waals surface area contributed by atoms with Gasteiger partial charge in [0.15, 0.2) is 0 Å². The van der Waals surface area contributed by atoms with Crippen LogP contribution in [0, 0.1) is 0 Å². The van der Waals surface area contributed by atoms with Crippen molar-refractivity contribution in [3.05, 3.63) is 23.8 Å². The summed E-state index contributed by atoms with van der Waals surface area (Å²) in [5.74, 6) is -3.82. The second-order valence-corrected chi connectivity index (χ2v) is 9.65. The molecule has 0 unspecified atom stereocenters. The number of alkyl halides is 3. The highest BCUT2D eigenvalue weighted by Gasteiger charge is 2.46. The predicted octanol–water partition coefficient (Wildman–Crippen LogP) is 1.40. The molecule has 0 spiro atoms. The van der Waals surface area contributed by atoms with Crippen LogP contribution in [-0.2, 0) is 19.6 Å². The summed E-state index contributed by atoms with van der Waals surface area (Å²) in [4.78, 5) is 26.0. The van der Waals surface area contributed by atoms with Gasteiger partial charge in [0.25, 0.3) is 0 Å². The number of hydrogen-bond donors (Lipinski definition) is 1. The van der Waals surface area contributed by atoms with Gasteiger partial charge in [-0.2, -0.15) is 17.5 Å². The fraction of sp³-hybridized carbons (Fsp3) is 0.579. The zero-order valence-corrected chi connectivity index (χ0v) is 18.2. The van der Waals surface area contributed by atoms with Crippen molar-refractivity contribution in [2.75, 3.05) is 51.3 Å². The highest BCUT2D eigenvalue weighted by Crippen LogP contribution is 2.34. The summed E-state index contributed by atoms with van der Waals surface area (Å²) in [6.07, 6.45) is -5.17. The molecule has 0 atom stereocenters. The average molecular weight is 479 g/mol. The van der Waals surface area contributed by atoms with Gasteiger partial charge in [-0.05, 0) is 38.1 Å². The molecule has 2 aliphatic rings. The standard InChI is InChI=1S/C19H24F3N3O6S/c1-23-6-8-24(9-7-23)32(29,30)14-2-3-15(17(26)27)16(12-14)25(18(28)19(20,21)22)13-4-10-31-11-5-13/h2-3,12-13H,4-11H2,1H3,(H,26,27). The molecule has 1 aromatic rings. The van der Waals surface area contributed by atoms with Crippen molar-refractivity contribution in [3.8, 4) is 0 Å². The van der Waals surface area contributed by atoms with Gasteiger partial charge in [0.2, 0.25) is 10.0 Å². The molecule has 13 heteroatoms. The minimum Gasteiger partial charge on any atom is -0.478 e. The van der Waals surface area contributed by atoms with Crippen LogP contribution in [0.2, 0.25) is 0 Å². The summed E-state index contributed by atoms with van der Waals surface area (Å²) < 4.78 is 72.9. The van der Waals surface area contributed by atoms with E-state index in [9.17, 15) is 36.3 Å². The second kappa shape index (κ2) is 9.33. The highest BCUT2D eigenvalue weighted by atomic mass is 32.2. The molecule has 0 radical (unpaired) electrons. The number of benzene rings is 1. The minimum atomic E-state index is -5.28. The number of halogens is 3. The summed E-state index contributed by atoms with van der Waals surface area (Å²) in [5.41, 5.74) is -1.19. The third-order valence-electron chi connectivity index (χ3n) is 5.58. The molecule has 1 aromatic carbocycles. The predicted molar refractivity (Wildman–Crippen MR) is 107 cm³/mol. The van der Waals surface area contributed by atoms with Crippen molar-refractivity contribution in [1.29, 1.82) is 0 Å². The Morgan fingerprint density at radius 2 is 1.72 bits per heavy atom. The second-order valence-electron chi connectivity index (χ2n) is 7.71. The molecular formula is C19H24F3N3O6S. The number of hydrogen-bond acceptors (Lipinski definition) is 6. The van der Waals surface area contributed by atoms with Gasteiger partial charge in [0.1, 0.15) is 0 Å². The van der Waals surface area contributed by atoms with Crippen LogP contribution in [0.1, 0.15) is 23.2 Å². The lowest BCUT2D eigenvalue weighted by molar-refractivity contribution is -0.171. The van der Waals surface area contributed by atoms with Gasteiger partial charge in [0, 0.05) is 45.4 Å². The van der Waals surface area contributed by atoms with Crippen LogP contribution in [0.5, 0.6) is 0 Å². The van der Waals surface area contributed by atoms with Crippen molar-refractivity contribution in [2.45, 2.75) is 30.0 Å². The summed E-state index contributed by atoms with van der Waals surface area (Å²) >= 11 is 0. The summed E-state index contributed by atoms with van der Waals surface area (Å²) in [7, 11) is -2.27. The lowest BCUT2D eigenvalue weighted by Crippen LogP contribution is -2.50. The first-order valence-corrected chi connectivity index (χ1v) is 11.4. The Labute approximate surface area is 183 Å². The number of carboxylic acid groups (broad SMARTS) is 1. The number of piperazine rings is 1. The lowest BCUT2D eigenvalue weighted by Gasteiger charge is -2.36. The number of nitrogens with zero attached hydrogens (tertiary/aromatic N) is 3. The molecule has 0 saturated carbocycles. The van der Waals surface area contributed by atoms with Crippen LogP contribution < -0.4 is 4.90 Å². The van der Waals surface area contributed by atoms with Gasteiger partial charge in [-0.25, -0.2) is 13.2 Å². The third kappa shape index (κ3) is 5.05. The first-order valence-electron chi connectivity index (χ1n) is 9.97. The number of anilines is 1. The number of ether oxygens (including phenoxy) is 1. The zero-order chi connectivity index (χ0) is 23.7. The monoisotopic (exact) mass is 479 g/mol. The largest absolute Gasteiger partial charge is 0.478 e. The number of carbonyl (C=O) groups excluding carboxylic acids is 1. The molecule has 3 rings (SSSR count). The number of rotatable bonds is 5. The van der Waals surface area contributed by atoms with Crippen molar-refractivity contribution in [2.24, 2.45) is 0 Å². The number of aromatic carboxylic acids is 1. The molecule has 2 heterocycles. The van der Waals surface area contributed by atoms with E-state index < -0.39 is 45.4 Å². The quantitative estimate of drug-likeness (QED) is 0.680. The lowest BCUT2D eigenvalue weighted by atomic mass is 10.0. The average Bonchev–Trinajstić information content (AvgIpc) is 2.74. The van der Waals surface area contributed by atoms with Gasteiger partial charge in [-0.1, -0.05) is 0 Å². The van der Waals surface area contributed by atoms with Crippen LogP contribution in [0.4, 0.5) is 18.9 Å². The van der Waals surface area contributed by atoms with E-state index in [1.165, 1.54) is 4.31 Å². The smallest absolute Gasteiger partial charge is 0.471 e. The number of sulfonamides is 1. The van der Waals surface area contributed by atoms with E-state index in [1.807, 2.05) is 11.9 Å². The van der Waals surface area contributed by atoms with Gasteiger partial charge >= 0.3 is 18.1 Å². The summed E-state index contributed by atoms with van der Waals surface area (Å²) in [6, 6.07) is 1.84. The molecular weight excluding hydrogens is 455 g/mol. The van der Waals surface area contributed by atoms with Gasteiger partial charge in [0.05, 0.1) is 16.1 Å². The maximum atomic E-state index is 13.4. The van der Waals surface area contributed by atoms with Crippen molar-refractivity contribution >= 4 is 27.6 Å². The van der Waals surface area contributed by atoms with Crippen LogP contribution in [0.3, 0.4) is 0 Å². The first kappa shape index (κ1) is 24.4. The van der Waals surface area contributed by atoms with E-state index in [0.717, 1.165) is 18.2 Å². The van der Waals surface area contributed by atoms with Gasteiger partial charge in [-0.15, -0.1) is 0 Å². The molecule has 1 amide bonds. The third-order valence-corrected chi connectivity index (χ3v) is 7.47. The summed E-state index contributed by atoms with van der Waals surface area (Å²) in [5, 5.41) is 9.56. The van der Waals surface area contributed by atoms with Crippen molar-refractivity contribution in [3.63, 3.8) is 0 Å².